The van der Waals surface area contributed by atoms with Crippen molar-refractivity contribution in [3.8, 4) is 0 Å². The van der Waals surface area contributed by atoms with E-state index in [1.807, 2.05) is 30.6 Å². The Hall–Kier alpha value is -2.69. The van der Waals surface area contributed by atoms with Crippen molar-refractivity contribution in [1.29, 1.82) is 0 Å². The van der Waals surface area contributed by atoms with E-state index in [1.54, 1.807) is 12.5 Å². The van der Waals surface area contributed by atoms with Gasteiger partial charge in [-0.1, -0.05) is 23.4 Å². The molecule has 0 unspecified atom stereocenters. The summed E-state index contributed by atoms with van der Waals surface area (Å²) in [5.41, 5.74) is 3.81. The third kappa shape index (κ3) is 1.59. The van der Waals surface area contributed by atoms with Gasteiger partial charge < -0.3 is 9.09 Å². The first-order valence-electron chi connectivity index (χ1n) is 6.00. The van der Waals surface area contributed by atoms with Crippen molar-refractivity contribution in [3.05, 3.63) is 54.8 Å². The van der Waals surface area contributed by atoms with Crippen LogP contribution in [0.4, 0.5) is 0 Å². The maximum atomic E-state index is 4.87. The molecular weight excluding hydrogens is 240 g/mol. The Bertz CT molecular complexity index is 848. The normalized spacial score (nSPS) is 11.4. The molecule has 5 nitrogen and oxygen atoms in total. The maximum absolute atomic E-state index is 4.87. The van der Waals surface area contributed by atoms with Gasteiger partial charge in [-0.05, 0) is 6.07 Å². The smallest absolute Gasteiger partial charge is 0.124 e. The van der Waals surface area contributed by atoms with E-state index < -0.39 is 0 Å². The quantitative estimate of drug-likeness (QED) is 0.548. The second-order valence-corrected chi connectivity index (χ2v) is 4.37. The van der Waals surface area contributed by atoms with E-state index in [9.17, 15) is 0 Å². The molecule has 0 aliphatic heterocycles. The molecule has 0 saturated heterocycles. The SMILES string of the molecule is c1ccc2c(c1)ncc1ncn(Cc3ccon3)c12. The number of hydrogen-bond donors (Lipinski definition) is 0. The van der Waals surface area contributed by atoms with Gasteiger partial charge in [-0.25, -0.2) is 4.98 Å². The van der Waals surface area contributed by atoms with Crippen LogP contribution >= 0.6 is 0 Å². The van der Waals surface area contributed by atoms with Gasteiger partial charge in [0, 0.05) is 11.5 Å². The summed E-state index contributed by atoms with van der Waals surface area (Å²) in [6.07, 6.45) is 5.19. The molecule has 0 fully saturated rings. The predicted molar refractivity (Wildman–Crippen MR) is 70.6 cm³/mol. The highest BCUT2D eigenvalue weighted by atomic mass is 16.5. The highest BCUT2D eigenvalue weighted by molar-refractivity contribution is 6.01. The van der Waals surface area contributed by atoms with Crippen LogP contribution in [0.15, 0.2) is 53.6 Å². The van der Waals surface area contributed by atoms with Gasteiger partial charge in [0.2, 0.25) is 0 Å². The van der Waals surface area contributed by atoms with Crippen LogP contribution < -0.4 is 0 Å². The Morgan fingerprint density at radius 3 is 2.89 bits per heavy atom. The van der Waals surface area contributed by atoms with Crippen LogP contribution in [0.1, 0.15) is 5.69 Å². The van der Waals surface area contributed by atoms with Crippen LogP contribution in [-0.2, 0) is 6.54 Å². The molecule has 0 saturated carbocycles. The lowest BCUT2D eigenvalue weighted by Crippen LogP contribution is -1.98. The molecule has 4 rings (SSSR count). The first-order chi connectivity index (χ1) is 9.42. The van der Waals surface area contributed by atoms with Crippen molar-refractivity contribution in [3.63, 3.8) is 0 Å². The molecule has 5 heteroatoms. The molecule has 0 amide bonds. The van der Waals surface area contributed by atoms with Crippen molar-refractivity contribution in [2.75, 3.05) is 0 Å². The zero-order valence-corrected chi connectivity index (χ0v) is 10.0. The molecule has 92 valence electrons. The molecule has 0 aliphatic carbocycles. The predicted octanol–water partition coefficient (Wildman–Crippen LogP) is 2.62. The van der Waals surface area contributed by atoms with E-state index in [1.165, 1.54) is 0 Å². The highest BCUT2D eigenvalue weighted by Gasteiger charge is 2.09. The molecule has 0 radical (unpaired) electrons. The summed E-state index contributed by atoms with van der Waals surface area (Å²) < 4.78 is 6.93. The number of hydrogen-bond acceptors (Lipinski definition) is 4. The lowest BCUT2D eigenvalue weighted by atomic mass is 10.2. The second-order valence-electron chi connectivity index (χ2n) is 4.37. The lowest BCUT2D eigenvalue weighted by molar-refractivity contribution is 0.410. The van der Waals surface area contributed by atoms with Gasteiger partial charge >= 0.3 is 0 Å². The maximum Gasteiger partial charge on any atom is 0.124 e. The van der Waals surface area contributed by atoms with Gasteiger partial charge in [-0.2, -0.15) is 0 Å². The number of aromatic nitrogens is 4. The molecule has 4 aromatic rings. The van der Waals surface area contributed by atoms with Gasteiger partial charge in [0.15, 0.2) is 0 Å². The zero-order valence-electron chi connectivity index (χ0n) is 10.0. The summed E-state index contributed by atoms with van der Waals surface area (Å²) in [6.45, 7) is 0.640. The van der Waals surface area contributed by atoms with Gasteiger partial charge in [-0.15, -0.1) is 0 Å². The van der Waals surface area contributed by atoms with Crippen molar-refractivity contribution in [2.24, 2.45) is 0 Å². The van der Waals surface area contributed by atoms with E-state index >= 15 is 0 Å². The van der Waals surface area contributed by atoms with E-state index in [2.05, 4.69) is 25.8 Å². The number of imidazole rings is 1. The van der Waals surface area contributed by atoms with Gasteiger partial charge in [0.05, 0.1) is 30.1 Å². The fourth-order valence-corrected chi connectivity index (χ4v) is 2.32. The summed E-state index contributed by atoms with van der Waals surface area (Å²) in [4.78, 5) is 8.80. The van der Waals surface area contributed by atoms with Crippen molar-refractivity contribution in [2.45, 2.75) is 6.54 Å². The molecule has 0 N–H and O–H groups in total. The van der Waals surface area contributed by atoms with Crippen LogP contribution in [0, 0.1) is 0 Å². The lowest BCUT2D eigenvalue weighted by Gasteiger charge is -2.04. The topological polar surface area (TPSA) is 56.7 Å². The number of rotatable bonds is 2. The zero-order chi connectivity index (χ0) is 12.7. The second kappa shape index (κ2) is 3.91. The first-order valence-corrected chi connectivity index (χ1v) is 6.00. The Morgan fingerprint density at radius 2 is 2.00 bits per heavy atom. The largest absolute Gasteiger partial charge is 0.364 e. The van der Waals surface area contributed by atoms with Crippen LogP contribution in [0.5, 0.6) is 0 Å². The number of fused-ring (bicyclic) bond motifs is 3. The van der Waals surface area contributed by atoms with Gasteiger partial charge in [-0.3, -0.25) is 4.98 Å². The van der Waals surface area contributed by atoms with E-state index in [0.29, 0.717) is 6.54 Å². The Morgan fingerprint density at radius 1 is 1.05 bits per heavy atom. The minimum absolute atomic E-state index is 0.640. The number of pyridine rings is 1. The number of benzene rings is 1. The van der Waals surface area contributed by atoms with Gasteiger partial charge in [0.1, 0.15) is 17.5 Å². The van der Waals surface area contributed by atoms with Crippen molar-refractivity contribution in [1.82, 2.24) is 19.7 Å². The summed E-state index contributed by atoms with van der Waals surface area (Å²) >= 11 is 0. The molecule has 0 aliphatic rings. The Kier molecular flexibility index (Phi) is 2.11. The van der Waals surface area contributed by atoms with Crippen molar-refractivity contribution >= 4 is 21.9 Å². The molecule has 0 spiro atoms. The van der Waals surface area contributed by atoms with Crippen LogP contribution in [0.25, 0.3) is 21.9 Å². The summed E-state index contributed by atoms with van der Waals surface area (Å²) in [7, 11) is 0. The summed E-state index contributed by atoms with van der Waals surface area (Å²) in [6, 6.07) is 9.92. The molecule has 3 aromatic heterocycles. The van der Waals surface area contributed by atoms with Crippen molar-refractivity contribution < 1.29 is 4.52 Å². The van der Waals surface area contributed by atoms with E-state index in [4.69, 9.17) is 4.52 Å². The number of para-hydroxylation sites is 1. The minimum atomic E-state index is 0.640. The molecular formula is C14H10N4O. The third-order valence-electron chi connectivity index (χ3n) is 3.17. The highest BCUT2D eigenvalue weighted by Crippen LogP contribution is 2.23. The first kappa shape index (κ1) is 10.3. The van der Waals surface area contributed by atoms with Crippen LogP contribution in [0.3, 0.4) is 0 Å². The van der Waals surface area contributed by atoms with E-state index in [-0.39, 0.29) is 0 Å². The number of nitrogens with zero attached hydrogens (tertiary/aromatic N) is 4. The van der Waals surface area contributed by atoms with E-state index in [0.717, 1.165) is 27.6 Å². The van der Waals surface area contributed by atoms with Crippen LogP contribution in [-0.4, -0.2) is 19.7 Å². The third-order valence-corrected chi connectivity index (χ3v) is 3.17. The summed E-state index contributed by atoms with van der Waals surface area (Å²) in [5, 5.41) is 5.04. The molecule has 0 bridgehead atoms. The molecule has 0 atom stereocenters. The Balaban J connectivity index is 1.98. The Labute approximate surface area is 108 Å². The monoisotopic (exact) mass is 250 g/mol. The average Bonchev–Trinajstić information content (AvgIpc) is 3.09. The molecule has 1 aromatic carbocycles. The fraction of sp³-hybridized carbons (Fsp3) is 0.0714. The van der Waals surface area contributed by atoms with Crippen LogP contribution in [0.2, 0.25) is 0 Å². The minimum Gasteiger partial charge on any atom is -0.364 e. The standard InChI is InChI=1S/C14H10N4O/c1-2-4-12-11(3-1)14-13(7-15-12)16-9-18(14)8-10-5-6-19-17-10/h1-7,9H,8H2. The molecule has 3 heterocycles. The van der Waals surface area contributed by atoms with Gasteiger partial charge in [0.25, 0.3) is 0 Å². The summed E-state index contributed by atoms with van der Waals surface area (Å²) in [5.74, 6) is 0. The fourth-order valence-electron chi connectivity index (χ4n) is 2.32. The average molecular weight is 250 g/mol. The molecule has 19 heavy (non-hydrogen) atoms.